The third-order valence-electron chi connectivity index (χ3n) is 2.14. The Bertz CT molecular complexity index is 284. The van der Waals surface area contributed by atoms with E-state index < -0.39 is 11.9 Å². The number of hydrogen-bond acceptors (Lipinski definition) is 5. The van der Waals surface area contributed by atoms with E-state index in [1.807, 2.05) is 0 Å². The van der Waals surface area contributed by atoms with Gasteiger partial charge in [-0.3, -0.25) is 4.79 Å². The smallest absolute Gasteiger partial charge is 0.337 e. The molecular formula is C10H14O5. The van der Waals surface area contributed by atoms with Crippen molar-refractivity contribution in [3.63, 3.8) is 0 Å². The summed E-state index contributed by atoms with van der Waals surface area (Å²) >= 11 is 0. The molecule has 0 unspecified atom stereocenters. The normalized spacial score (nSPS) is 18.0. The minimum Gasteiger partial charge on any atom is -0.497 e. The molecule has 1 saturated heterocycles. The summed E-state index contributed by atoms with van der Waals surface area (Å²) in [5, 5.41) is 0. The zero-order valence-corrected chi connectivity index (χ0v) is 8.87. The maximum atomic E-state index is 11.4. The zero-order valence-electron chi connectivity index (χ0n) is 8.87. The van der Waals surface area contributed by atoms with E-state index in [0.717, 1.165) is 6.42 Å². The maximum absolute atomic E-state index is 11.4. The molecule has 1 rings (SSSR count). The van der Waals surface area contributed by atoms with Crippen LogP contribution in [0.1, 0.15) is 19.3 Å². The van der Waals surface area contributed by atoms with Crippen LogP contribution in [0, 0.1) is 0 Å². The van der Waals surface area contributed by atoms with E-state index in [-0.39, 0.29) is 12.0 Å². The molecule has 1 heterocycles. The molecule has 0 aromatic carbocycles. The molecule has 15 heavy (non-hydrogen) atoms. The third kappa shape index (κ3) is 2.97. The first-order chi connectivity index (χ1) is 7.19. The summed E-state index contributed by atoms with van der Waals surface area (Å²) in [6.07, 6.45) is 1.43. The molecule has 5 nitrogen and oxygen atoms in total. The van der Waals surface area contributed by atoms with Gasteiger partial charge in [0.15, 0.2) is 0 Å². The molecular weight excluding hydrogens is 200 g/mol. The Labute approximate surface area is 88.0 Å². The molecule has 0 aromatic rings. The predicted molar refractivity (Wildman–Crippen MR) is 50.9 cm³/mol. The fourth-order valence-corrected chi connectivity index (χ4v) is 1.36. The lowest BCUT2D eigenvalue weighted by atomic mass is 10.1. The Kier molecular flexibility index (Phi) is 4.15. The summed E-state index contributed by atoms with van der Waals surface area (Å²) < 4.78 is 14.3. The Morgan fingerprint density at radius 2 is 2.07 bits per heavy atom. The van der Waals surface area contributed by atoms with Crippen LogP contribution in [0.25, 0.3) is 0 Å². The van der Waals surface area contributed by atoms with Crippen LogP contribution >= 0.6 is 0 Å². The Balaban J connectivity index is 2.82. The first-order valence-electron chi connectivity index (χ1n) is 4.69. The van der Waals surface area contributed by atoms with Crippen molar-refractivity contribution in [2.45, 2.75) is 19.3 Å². The average Bonchev–Trinajstić information content (AvgIpc) is 2.77. The monoisotopic (exact) mass is 214 g/mol. The lowest BCUT2D eigenvalue weighted by molar-refractivity contribution is -0.143. The minimum absolute atomic E-state index is 0.0987. The lowest BCUT2D eigenvalue weighted by Crippen LogP contribution is -2.13. The van der Waals surface area contributed by atoms with E-state index >= 15 is 0 Å². The number of carbonyl (C=O) groups is 2. The summed E-state index contributed by atoms with van der Waals surface area (Å²) in [4.78, 5) is 22.5. The topological polar surface area (TPSA) is 61.8 Å². The zero-order chi connectivity index (χ0) is 11.3. The van der Waals surface area contributed by atoms with Crippen molar-refractivity contribution < 1.29 is 23.8 Å². The van der Waals surface area contributed by atoms with E-state index in [4.69, 9.17) is 4.74 Å². The van der Waals surface area contributed by atoms with Gasteiger partial charge in [0.2, 0.25) is 0 Å². The van der Waals surface area contributed by atoms with Gasteiger partial charge in [-0.1, -0.05) is 0 Å². The van der Waals surface area contributed by atoms with Crippen molar-refractivity contribution in [1.82, 2.24) is 0 Å². The molecule has 0 bridgehead atoms. The number of carbonyl (C=O) groups excluding carboxylic acids is 2. The van der Waals surface area contributed by atoms with E-state index in [1.54, 1.807) is 0 Å². The molecule has 84 valence electrons. The predicted octanol–water partition coefficient (Wildman–Crippen LogP) is 0.787. The van der Waals surface area contributed by atoms with Gasteiger partial charge in [0.1, 0.15) is 5.76 Å². The molecule has 0 atom stereocenters. The van der Waals surface area contributed by atoms with Gasteiger partial charge in [-0.25, -0.2) is 4.79 Å². The molecule has 1 aliphatic heterocycles. The van der Waals surface area contributed by atoms with E-state index in [1.165, 1.54) is 14.2 Å². The first-order valence-corrected chi connectivity index (χ1v) is 4.69. The van der Waals surface area contributed by atoms with Crippen molar-refractivity contribution in [3.05, 3.63) is 11.3 Å². The lowest BCUT2D eigenvalue weighted by Gasteiger charge is -2.07. The van der Waals surface area contributed by atoms with Gasteiger partial charge < -0.3 is 14.2 Å². The van der Waals surface area contributed by atoms with Gasteiger partial charge in [0, 0.05) is 6.42 Å². The number of esters is 2. The van der Waals surface area contributed by atoms with Gasteiger partial charge in [-0.2, -0.15) is 0 Å². The second kappa shape index (κ2) is 5.38. The van der Waals surface area contributed by atoms with Crippen molar-refractivity contribution in [2.24, 2.45) is 0 Å². The summed E-state index contributed by atoms with van der Waals surface area (Å²) in [7, 11) is 2.55. The van der Waals surface area contributed by atoms with E-state index in [0.29, 0.717) is 18.8 Å². The minimum atomic E-state index is -0.530. The molecule has 0 N–H and O–H groups in total. The van der Waals surface area contributed by atoms with Crippen LogP contribution < -0.4 is 0 Å². The number of allylic oxidation sites excluding steroid dienone is 1. The Morgan fingerprint density at radius 3 is 2.53 bits per heavy atom. The Hall–Kier alpha value is -1.52. The second-order valence-corrected chi connectivity index (χ2v) is 3.10. The molecule has 0 aliphatic carbocycles. The summed E-state index contributed by atoms with van der Waals surface area (Å²) in [5.41, 5.74) is 0.266. The third-order valence-corrected chi connectivity index (χ3v) is 2.14. The van der Waals surface area contributed by atoms with Crippen LogP contribution in [-0.2, 0) is 23.8 Å². The van der Waals surface area contributed by atoms with Crippen LogP contribution in [0.3, 0.4) is 0 Å². The summed E-state index contributed by atoms with van der Waals surface area (Å²) in [6, 6.07) is 0. The largest absolute Gasteiger partial charge is 0.497 e. The van der Waals surface area contributed by atoms with Crippen LogP contribution in [0.15, 0.2) is 11.3 Å². The number of methoxy groups -OCH3 is 2. The molecule has 0 amide bonds. The number of hydrogen-bond donors (Lipinski definition) is 0. The first kappa shape index (κ1) is 11.6. The van der Waals surface area contributed by atoms with Crippen LogP contribution in [0.2, 0.25) is 0 Å². The second-order valence-electron chi connectivity index (χ2n) is 3.10. The van der Waals surface area contributed by atoms with Gasteiger partial charge in [0.05, 0.1) is 32.8 Å². The number of rotatable bonds is 3. The van der Waals surface area contributed by atoms with Crippen molar-refractivity contribution in [3.8, 4) is 0 Å². The highest BCUT2D eigenvalue weighted by molar-refractivity contribution is 5.94. The van der Waals surface area contributed by atoms with Crippen LogP contribution in [-0.4, -0.2) is 32.8 Å². The van der Waals surface area contributed by atoms with Crippen molar-refractivity contribution in [2.75, 3.05) is 20.8 Å². The molecule has 0 radical (unpaired) electrons. The molecule has 1 aliphatic rings. The maximum Gasteiger partial charge on any atom is 0.337 e. The molecule has 0 aromatic heterocycles. The summed E-state index contributed by atoms with van der Waals surface area (Å²) in [5.74, 6) is -0.456. The van der Waals surface area contributed by atoms with E-state index in [9.17, 15) is 9.59 Å². The molecule has 0 spiro atoms. The van der Waals surface area contributed by atoms with Gasteiger partial charge >= 0.3 is 11.9 Å². The average molecular weight is 214 g/mol. The van der Waals surface area contributed by atoms with Crippen LogP contribution in [0.5, 0.6) is 0 Å². The molecule has 5 heteroatoms. The van der Waals surface area contributed by atoms with E-state index in [2.05, 4.69) is 9.47 Å². The highest BCUT2D eigenvalue weighted by Crippen LogP contribution is 2.23. The van der Waals surface area contributed by atoms with Crippen LogP contribution in [0.4, 0.5) is 0 Å². The van der Waals surface area contributed by atoms with Gasteiger partial charge in [-0.15, -0.1) is 0 Å². The number of ether oxygens (including phenoxy) is 3. The van der Waals surface area contributed by atoms with Gasteiger partial charge in [0.25, 0.3) is 0 Å². The summed E-state index contributed by atoms with van der Waals surface area (Å²) in [6.45, 7) is 0.580. The fraction of sp³-hybridized carbons (Fsp3) is 0.600. The highest BCUT2D eigenvalue weighted by Gasteiger charge is 2.23. The molecule has 1 fully saturated rings. The molecule has 0 saturated carbocycles. The highest BCUT2D eigenvalue weighted by atomic mass is 16.5. The quantitative estimate of drug-likeness (QED) is 0.513. The standard InChI is InChI=1S/C10H14O5/c1-13-9(11)6-7(10(12)14-2)8-4-3-5-15-8/h3-6H2,1-2H3. The fourth-order valence-electron chi connectivity index (χ4n) is 1.36. The van der Waals surface area contributed by atoms with Crippen molar-refractivity contribution in [1.29, 1.82) is 0 Å². The SMILES string of the molecule is COC(=O)CC(C(=O)OC)=C1CCCO1. The Morgan fingerprint density at radius 1 is 1.33 bits per heavy atom. The van der Waals surface area contributed by atoms with Gasteiger partial charge in [-0.05, 0) is 6.42 Å². The van der Waals surface area contributed by atoms with Crippen molar-refractivity contribution >= 4 is 11.9 Å².